The Morgan fingerprint density at radius 2 is 2.04 bits per heavy atom. The van der Waals surface area contributed by atoms with Crippen LogP contribution in [0.25, 0.3) is 10.2 Å². The summed E-state index contributed by atoms with van der Waals surface area (Å²) < 4.78 is 11.2. The number of rotatable bonds is 6. The number of anilines is 1. The molecule has 0 aliphatic heterocycles. The molecule has 9 heteroatoms. The zero-order chi connectivity index (χ0) is 17.8. The third-order valence-electron chi connectivity index (χ3n) is 3.26. The van der Waals surface area contributed by atoms with E-state index in [1.165, 1.54) is 19.2 Å². The minimum atomic E-state index is -0.474. The Morgan fingerprint density at radius 1 is 1.28 bits per heavy atom. The van der Waals surface area contributed by atoms with E-state index in [0.717, 1.165) is 11.3 Å². The average molecular weight is 359 g/mol. The van der Waals surface area contributed by atoms with Gasteiger partial charge in [0.2, 0.25) is 0 Å². The first-order valence-electron chi connectivity index (χ1n) is 7.17. The molecule has 2 aromatic carbocycles. The fourth-order valence-electron chi connectivity index (χ4n) is 2.12. The molecule has 3 aromatic rings. The van der Waals surface area contributed by atoms with Crippen molar-refractivity contribution in [2.45, 2.75) is 0 Å². The molecule has 0 bridgehead atoms. The van der Waals surface area contributed by atoms with Gasteiger partial charge in [-0.05, 0) is 18.2 Å². The van der Waals surface area contributed by atoms with Gasteiger partial charge in [0.05, 0.1) is 22.2 Å². The summed E-state index contributed by atoms with van der Waals surface area (Å²) in [5.41, 5.74) is 0.560. The number of aromatic nitrogens is 1. The maximum absolute atomic E-state index is 12.0. The SMILES string of the molecule is COc1ccccc1OCC(=O)Nc1nc2ccc([N+](=O)[O-])cc2s1. The standard InChI is InChI=1S/C16H13N3O5S/c1-23-12-4-2-3-5-13(12)24-9-15(20)18-16-17-11-7-6-10(19(21)22)8-14(11)25-16/h2-8H,9H2,1H3,(H,17,18,20). The summed E-state index contributed by atoms with van der Waals surface area (Å²) in [5, 5.41) is 13.8. The first-order valence-corrected chi connectivity index (χ1v) is 7.99. The number of nitro benzene ring substituents is 1. The Labute approximate surface area is 146 Å². The number of ether oxygens (including phenoxy) is 2. The number of carbonyl (C=O) groups is 1. The Morgan fingerprint density at radius 3 is 2.76 bits per heavy atom. The number of hydrogen-bond acceptors (Lipinski definition) is 7. The molecule has 0 aliphatic rings. The number of benzene rings is 2. The summed E-state index contributed by atoms with van der Waals surface area (Å²) in [7, 11) is 1.52. The summed E-state index contributed by atoms with van der Waals surface area (Å²) in [6, 6.07) is 11.3. The molecule has 0 atom stereocenters. The summed E-state index contributed by atoms with van der Waals surface area (Å²) in [6.45, 7) is -0.212. The molecule has 0 saturated heterocycles. The van der Waals surface area contributed by atoms with Crippen LogP contribution in [0, 0.1) is 10.1 Å². The minimum absolute atomic E-state index is 0.0199. The second kappa shape index (κ2) is 7.14. The predicted molar refractivity (Wildman–Crippen MR) is 93.4 cm³/mol. The van der Waals surface area contributed by atoms with Crippen LogP contribution in [0.1, 0.15) is 0 Å². The van der Waals surface area contributed by atoms with Crippen molar-refractivity contribution >= 4 is 38.3 Å². The van der Waals surface area contributed by atoms with Crippen LogP contribution in [-0.4, -0.2) is 29.5 Å². The van der Waals surface area contributed by atoms with E-state index < -0.39 is 4.92 Å². The van der Waals surface area contributed by atoms with E-state index in [9.17, 15) is 14.9 Å². The highest BCUT2D eigenvalue weighted by molar-refractivity contribution is 7.22. The summed E-state index contributed by atoms with van der Waals surface area (Å²) >= 11 is 1.16. The number of amides is 1. The van der Waals surface area contributed by atoms with E-state index in [0.29, 0.717) is 26.8 Å². The van der Waals surface area contributed by atoms with Crippen LogP contribution in [0.3, 0.4) is 0 Å². The number of thiazole rings is 1. The molecule has 0 unspecified atom stereocenters. The molecular weight excluding hydrogens is 346 g/mol. The molecule has 1 N–H and O–H groups in total. The molecule has 0 spiro atoms. The highest BCUT2D eigenvalue weighted by Gasteiger charge is 2.13. The van der Waals surface area contributed by atoms with E-state index >= 15 is 0 Å². The lowest BCUT2D eigenvalue weighted by Crippen LogP contribution is -2.20. The van der Waals surface area contributed by atoms with Gasteiger partial charge in [0.25, 0.3) is 11.6 Å². The van der Waals surface area contributed by atoms with E-state index in [1.807, 2.05) is 0 Å². The van der Waals surface area contributed by atoms with Crippen molar-refractivity contribution < 1.29 is 19.2 Å². The van der Waals surface area contributed by atoms with Crippen molar-refractivity contribution in [1.29, 1.82) is 0 Å². The van der Waals surface area contributed by atoms with Gasteiger partial charge in [0.15, 0.2) is 23.2 Å². The van der Waals surface area contributed by atoms with Crippen LogP contribution >= 0.6 is 11.3 Å². The van der Waals surface area contributed by atoms with Crippen LogP contribution in [0.5, 0.6) is 11.5 Å². The van der Waals surface area contributed by atoms with E-state index in [-0.39, 0.29) is 18.2 Å². The zero-order valence-corrected chi connectivity index (χ0v) is 13.9. The van der Waals surface area contributed by atoms with E-state index in [2.05, 4.69) is 10.3 Å². The molecule has 8 nitrogen and oxygen atoms in total. The maximum Gasteiger partial charge on any atom is 0.270 e. The van der Waals surface area contributed by atoms with Crippen LogP contribution in [0.4, 0.5) is 10.8 Å². The second-order valence-corrected chi connectivity index (χ2v) is 5.95. The highest BCUT2D eigenvalue weighted by Crippen LogP contribution is 2.29. The molecule has 1 aromatic heterocycles. The normalized spacial score (nSPS) is 10.4. The molecule has 0 aliphatic carbocycles. The van der Waals surface area contributed by atoms with Gasteiger partial charge in [-0.1, -0.05) is 23.5 Å². The molecule has 0 radical (unpaired) electrons. The molecule has 0 fully saturated rings. The van der Waals surface area contributed by atoms with Crippen molar-refractivity contribution in [2.75, 3.05) is 19.0 Å². The van der Waals surface area contributed by atoms with E-state index in [4.69, 9.17) is 9.47 Å². The summed E-state index contributed by atoms with van der Waals surface area (Å²) in [6.07, 6.45) is 0. The Kier molecular flexibility index (Phi) is 4.75. The maximum atomic E-state index is 12.0. The van der Waals surface area contributed by atoms with Crippen molar-refractivity contribution in [3.05, 3.63) is 52.6 Å². The first kappa shape index (κ1) is 16.7. The quantitative estimate of drug-likeness (QED) is 0.535. The van der Waals surface area contributed by atoms with Crippen molar-refractivity contribution in [3.63, 3.8) is 0 Å². The van der Waals surface area contributed by atoms with Crippen molar-refractivity contribution in [2.24, 2.45) is 0 Å². The molecule has 3 rings (SSSR count). The van der Waals surface area contributed by atoms with Crippen molar-refractivity contribution in [3.8, 4) is 11.5 Å². The fourth-order valence-corrected chi connectivity index (χ4v) is 3.03. The first-order chi connectivity index (χ1) is 12.1. The molecule has 128 valence electrons. The number of hydrogen-bond donors (Lipinski definition) is 1. The number of para-hydroxylation sites is 2. The third-order valence-corrected chi connectivity index (χ3v) is 4.19. The zero-order valence-electron chi connectivity index (χ0n) is 13.1. The smallest absolute Gasteiger partial charge is 0.270 e. The van der Waals surface area contributed by atoms with Gasteiger partial charge >= 0.3 is 0 Å². The van der Waals surface area contributed by atoms with Crippen molar-refractivity contribution in [1.82, 2.24) is 4.98 Å². The molecule has 1 heterocycles. The van der Waals surface area contributed by atoms with Crippen LogP contribution < -0.4 is 14.8 Å². The lowest BCUT2D eigenvalue weighted by atomic mass is 10.3. The third kappa shape index (κ3) is 3.83. The largest absolute Gasteiger partial charge is 0.493 e. The van der Waals surface area contributed by atoms with Gasteiger partial charge in [-0.25, -0.2) is 4.98 Å². The van der Waals surface area contributed by atoms with Gasteiger partial charge in [0, 0.05) is 12.1 Å². The Hall–Kier alpha value is -3.20. The number of methoxy groups -OCH3 is 1. The van der Waals surface area contributed by atoms with Crippen LogP contribution in [-0.2, 0) is 4.79 Å². The van der Waals surface area contributed by atoms with Gasteiger partial charge < -0.3 is 9.47 Å². The number of fused-ring (bicyclic) bond motifs is 1. The second-order valence-electron chi connectivity index (χ2n) is 4.92. The van der Waals surface area contributed by atoms with E-state index in [1.54, 1.807) is 30.3 Å². The number of nitrogens with one attached hydrogen (secondary N) is 1. The predicted octanol–water partition coefficient (Wildman–Crippen LogP) is 3.23. The molecule has 25 heavy (non-hydrogen) atoms. The lowest BCUT2D eigenvalue weighted by molar-refractivity contribution is -0.384. The Balaban J connectivity index is 1.66. The fraction of sp³-hybridized carbons (Fsp3) is 0.125. The monoisotopic (exact) mass is 359 g/mol. The summed E-state index contributed by atoms with van der Waals surface area (Å²) in [4.78, 5) is 26.6. The van der Waals surface area contributed by atoms with Crippen LogP contribution in [0.2, 0.25) is 0 Å². The van der Waals surface area contributed by atoms with Gasteiger partial charge in [-0.3, -0.25) is 20.2 Å². The average Bonchev–Trinajstić information content (AvgIpc) is 3.01. The minimum Gasteiger partial charge on any atom is -0.493 e. The highest BCUT2D eigenvalue weighted by atomic mass is 32.1. The number of non-ortho nitro benzene ring substituents is 1. The summed E-state index contributed by atoms with van der Waals surface area (Å²) in [5.74, 6) is 0.599. The number of nitrogens with zero attached hydrogens (tertiary/aromatic N) is 2. The number of carbonyl (C=O) groups excluding carboxylic acids is 1. The molecular formula is C16H13N3O5S. The van der Waals surface area contributed by atoms with Gasteiger partial charge in [0.1, 0.15) is 0 Å². The lowest BCUT2D eigenvalue weighted by Gasteiger charge is -2.09. The Bertz CT molecular complexity index is 940. The molecule has 1 amide bonds. The van der Waals surface area contributed by atoms with Crippen LogP contribution in [0.15, 0.2) is 42.5 Å². The number of nitro groups is 1. The topological polar surface area (TPSA) is 104 Å². The van der Waals surface area contributed by atoms with Gasteiger partial charge in [-0.15, -0.1) is 0 Å². The molecule has 0 saturated carbocycles. The van der Waals surface area contributed by atoms with Gasteiger partial charge in [-0.2, -0.15) is 0 Å².